The second kappa shape index (κ2) is 7.87. The maximum Gasteiger partial charge on any atom is 0.279 e. The number of hydrogen-bond donors (Lipinski definition) is 2. The Balaban J connectivity index is 1.74. The second-order valence-corrected chi connectivity index (χ2v) is 5.06. The van der Waals surface area contributed by atoms with E-state index in [-0.39, 0.29) is 17.2 Å². The average Bonchev–Trinajstić information content (AvgIpc) is 2.64. The summed E-state index contributed by atoms with van der Waals surface area (Å²) in [7, 11) is 0. The first-order valence-corrected chi connectivity index (χ1v) is 7.81. The summed E-state index contributed by atoms with van der Waals surface area (Å²) in [5.74, 6) is 0.893. The van der Waals surface area contributed by atoms with Crippen LogP contribution in [0.2, 0.25) is 0 Å². The summed E-state index contributed by atoms with van der Waals surface area (Å²) < 4.78 is 5.52. The number of aromatic amines is 1. The summed E-state index contributed by atoms with van der Waals surface area (Å²) in [6.45, 7) is 2.48. The zero-order chi connectivity index (χ0) is 17.5. The summed E-state index contributed by atoms with van der Waals surface area (Å²) in [6, 6.07) is 16.7. The molecule has 0 radical (unpaired) electrons. The molecule has 1 heterocycles. The number of para-hydroxylation sites is 1. The van der Waals surface area contributed by atoms with E-state index in [1.807, 2.05) is 49.4 Å². The van der Waals surface area contributed by atoms with Crippen LogP contribution in [0.5, 0.6) is 5.75 Å². The minimum Gasteiger partial charge on any atom is -0.493 e. The minimum absolute atomic E-state index is 0.162. The molecule has 0 atom stereocenters. The first kappa shape index (κ1) is 16.4. The van der Waals surface area contributed by atoms with Gasteiger partial charge in [-0.15, -0.1) is 10.2 Å². The van der Waals surface area contributed by atoms with E-state index >= 15 is 0 Å². The Morgan fingerprint density at radius 3 is 2.64 bits per heavy atom. The van der Waals surface area contributed by atoms with Gasteiger partial charge in [0.1, 0.15) is 5.75 Å². The Morgan fingerprint density at radius 2 is 1.88 bits per heavy atom. The maximum atomic E-state index is 12.1. The highest BCUT2D eigenvalue weighted by molar-refractivity contribution is 5.83. The molecule has 0 amide bonds. The third-order valence-electron chi connectivity index (χ3n) is 3.34. The van der Waals surface area contributed by atoms with Gasteiger partial charge in [-0.2, -0.15) is 5.10 Å². The van der Waals surface area contributed by atoms with Crippen molar-refractivity contribution in [1.29, 1.82) is 0 Å². The third kappa shape index (κ3) is 4.08. The lowest BCUT2D eigenvalue weighted by Gasteiger charge is -2.06. The summed E-state index contributed by atoms with van der Waals surface area (Å²) in [5.41, 5.74) is 4.11. The Bertz CT molecular complexity index is 922. The van der Waals surface area contributed by atoms with E-state index in [4.69, 9.17) is 4.74 Å². The number of benzene rings is 2. The largest absolute Gasteiger partial charge is 0.493 e. The van der Waals surface area contributed by atoms with Gasteiger partial charge in [0.05, 0.1) is 12.8 Å². The number of anilines is 1. The van der Waals surface area contributed by atoms with Crippen LogP contribution in [0.25, 0.3) is 11.3 Å². The van der Waals surface area contributed by atoms with Gasteiger partial charge < -0.3 is 4.74 Å². The molecule has 0 aliphatic carbocycles. The summed E-state index contributed by atoms with van der Waals surface area (Å²) >= 11 is 0. The number of nitrogens with one attached hydrogen (secondary N) is 2. The Kier molecular flexibility index (Phi) is 5.16. The van der Waals surface area contributed by atoms with Gasteiger partial charge in [-0.05, 0) is 19.1 Å². The molecule has 25 heavy (non-hydrogen) atoms. The van der Waals surface area contributed by atoms with Crippen molar-refractivity contribution >= 4 is 12.2 Å². The van der Waals surface area contributed by atoms with E-state index in [2.05, 4.69) is 25.7 Å². The number of ether oxygens (including phenoxy) is 1. The molecule has 0 spiro atoms. The minimum atomic E-state index is -0.339. The quantitative estimate of drug-likeness (QED) is 0.534. The molecule has 0 bridgehead atoms. The number of hydrogen-bond acceptors (Lipinski definition) is 6. The second-order valence-electron chi connectivity index (χ2n) is 5.06. The van der Waals surface area contributed by atoms with E-state index in [9.17, 15) is 4.79 Å². The number of nitrogens with zero attached hydrogens (tertiary/aromatic N) is 3. The van der Waals surface area contributed by atoms with Crippen molar-refractivity contribution in [2.24, 2.45) is 5.10 Å². The molecule has 0 fully saturated rings. The fourth-order valence-electron chi connectivity index (χ4n) is 2.21. The molecule has 0 saturated heterocycles. The van der Waals surface area contributed by atoms with Crippen LogP contribution in [-0.4, -0.2) is 28.0 Å². The predicted octanol–water partition coefficient (Wildman–Crippen LogP) is 2.68. The van der Waals surface area contributed by atoms with Crippen LogP contribution in [0.3, 0.4) is 0 Å². The first-order chi connectivity index (χ1) is 12.3. The van der Waals surface area contributed by atoms with Crippen LogP contribution >= 0.6 is 0 Å². The van der Waals surface area contributed by atoms with Crippen molar-refractivity contribution in [1.82, 2.24) is 15.2 Å². The van der Waals surface area contributed by atoms with Crippen molar-refractivity contribution in [2.45, 2.75) is 6.92 Å². The van der Waals surface area contributed by atoms with E-state index in [0.717, 1.165) is 11.3 Å². The SMILES string of the molecule is CCOc1ccccc1C=NNc1nnc(-c2ccccc2)c(=O)[nH]1. The molecule has 7 nitrogen and oxygen atoms in total. The lowest BCUT2D eigenvalue weighted by Crippen LogP contribution is -2.15. The van der Waals surface area contributed by atoms with Crippen molar-refractivity contribution in [3.05, 3.63) is 70.5 Å². The van der Waals surface area contributed by atoms with Gasteiger partial charge in [-0.3, -0.25) is 9.78 Å². The number of hydrazone groups is 1. The molecular weight excluding hydrogens is 318 g/mol. The fraction of sp³-hybridized carbons (Fsp3) is 0.111. The number of aromatic nitrogens is 3. The van der Waals surface area contributed by atoms with Crippen LogP contribution < -0.4 is 15.7 Å². The monoisotopic (exact) mass is 335 g/mol. The van der Waals surface area contributed by atoms with Gasteiger partial charge in [-0.25, -0.2) is 5.43 Å². The van der Waals surface area contributed by atoms with Crippen molar-refractivity contribution in [2.75, 3.05) is 12.0 Å². The average molecular weight is 335 g/mol. The van der Waals surface area contributed by atoms with Gasteiger partial charge in [0.2, 0.25) is 5.95 Å². The molecule has 2 N–H and O–H groups in total. The van der Waals surface area contributed by atoms with Gasteiger partial charge in [0.25, 0.3) is 5.56 Å². The summed E-state index contributed by atoms with van der Waals surface area (Å²) in [6.07, 6.45) is 1.59. The molecule has 0 unspecified atom stereocenters. The van der Waals surface area contributed by atoms with E-state index in [1.54, 1.807) is 18.3 Å². The van der Waals surface area contributed by atoms with Gasteiger partial charge in [0, 0.05) is 11.1 Å². The molecule has 3 rings (SSSR count). The van der Waals surface area contributed by atoms with Crippen molar-refractivity contribution in [3.63, 3.8) is 0 Å². The Labute approximate surface area is 144 Å². The first-order valence-electron chi connectivity index (χ1n) is 7.81. The Hall–Kier alpha value is -3.48. The smallest absolute Gasteiger partial charge is 0.279 e. The summed E-state index contributed by atoms with van der Waals surface area (Å²) in [4.78, 5) is 14.8. The van der Waals surface area contributed by atoms with Gasteiger partial charge >= 0.3 is 0 Å². The lowest BCUT2D eigenvalue weighted by atomic mass is 10.2. The standard InChI is InChI=1S/C18H17N5O2/c1-2-25-15-11-7-6-10-14(15)12-19-22-18-20-17(24)16(21-23-18)13-8-4-3-5-9-13/h3-12H,2H2,1H3,(H2,20,22,23,24). The zero-order valence-electron chi connectivity index (χ0n) is 13.6. The maximum absolute atomic E-state index is 12.1. The van der Waals surface area contributed by atoms with Crippen molar-refractivity contribution < 1.29 is 4.74 Å². The fourth-order valence-corrected chi connectivity index (χ4v) is 2.21. The van der Waals surface area contributed by atoms with Crippen LogP contribution in [0.15, 0.2) is 64.5 Å². The van der Waals surface area contributed by atoms with Crippen LogP contribution in [0.4, 0.5) is 5.95 Å². The van der Waals surface area contributed by atoms with Crippen LogP contribution in [0.1, 0.15) is 12.5 Å². The summed E-state index contributed by atoms with van der Waals surface area (Å²) in [5, 5.41) is 12.0. The molecule has 0 saturated carbocycles. The Morgan fingerprint density at radius 1 is 1.12 bits per heavy atom. The third-order valence-corrected chi connectivity index (χ3v) is 3.34. The number of rotatable bonds is 6. The molecule has 0 aliphatic rings. The lowest BCUT2D eigenvalue weighted by molar-refractivity contribution is 0.340. The molecule has 7 heteroatoms. The highest BCUT2D eigenvalue weighted by Crippen LogP contribution is 2.15. The van der Waals surface area contributed by atoms with Gasteiger partial charge in [-0.1, -0.05) is 42.5 Å². The molecule has 0 aliphatic heterocycles. The van der Waals surface area contributed by atoms with E-state index in [1.165, 1.54) is 0 Å². The van der Waals surface area contributed by atoms with E-state index in [0.29, 0.717) is 12.2 Å². The number of H-pyrrole nitrogens is 1. The highest BCUT2D eigenvalue weighted by atomic mass is 16.5. The van der Waals surface area contributed by atoms with Crippen molar-refractivity contribution in [3.8, 4) is 17.0 Å². The molecule has 2 aromatic carbocycles. The topological polar surface area (TPSA) is 92.3 Å². The molecular formula is C18H17N5O2. The zero-order valence-corrected chi connectivity index (χ0v) is 13.6. The normalized spacial score (nSPS) is 10.8. The molecule has 126 valence electrons. The highest BCUT2D eigenvalue weighted by Gasteiger charge is 2.06. The van der Waals surface area contributed by atoms with Crippen LogP contribution in [-0.2, 0) is 0 Å². The van der Waals surface area contributed by atoms with Crippen LogP contribution in [0, 0.1) is 0 Å². The predicted molar refractivity (Wildman–Crippen MR) is 96.9 cm³/mol. The molecule has 1 aromatic heterocycles. The van der Waals surface area contributed by atoms with E-state index < -0.39 is 0 Å². The molecule has 3 aromatic rings. The van der Waals surface area contributed by atoms with Gasteiger partial charge in [0.15, 0.2) is 5.69 Å².